The van der Waals surface area contributed by atoms with E-state index >= 15 is 0 Å². The summed E-state index contributed by atoms with van der Waals surface area (Å²) in [5.41, 5.74) is 3.20. The molecule has 1 unspecified atom stereocenters. The van der Waals surface area contributed by atoms with Crippen molar-refractivity contribution in [2.45, 2.75) is 26.4 Å². The number of morpholine rings is 1. The first-order chi connectivity index (χ1) is 10.2. The van der Waals surface area contributed by atoms with E-state index in [4.69, 9.17) is 15.0 Å². The van der Waals surface area contributed by atoms with Crippen molar-refractivity contribution in [3.63, 3.8) is 0 Å². The topological polar surface area (TPSA) is 54.1 Å². The molecule has 21 heavy (non-hydrogen) atoms. The Bertz CT molecular complexity index is 679. The highest BCUT2D eigenvalue weighted by molar-refractivity contribution is 5.77. The molecule has 0 saturated carbocycles. The van der Waals surface area contributed by atoms with Crippen LogP contribution in [0.3, 0.4) is 0 Å². The van der Waals surface area contributed by atoms with Crippen LogP contribution < -0.4 is 0 Å². The van der Waals surface area contributed by atoms with Crippen molar-refractivity contribution in [1.82, 2.24) is 14.5 Å². The third-order valence-corrected chi connectivity index (χ3v) is 4.13. The van der Waals surface area contributed by atoms with Gasteiger partial charge in [-0.2, -0.15) is 5.26 Å². The number of ether oxygens (including phenoxy) is 1. The average Bonchev–Trinajstić information content (AvgIpc) is 2.85. The van der Waals surface area contributed by atoms with Crippen molar-refractivity contribution < 1.29 is 4.74 Å². The van der Waals surface area contributed by atoms with E-state index in [2.05, 4.69) is 43.0 Å². The van der Waals surface area contributed by atoms with E-state index in [1.165, 1.54) is 5.56 Å². The summed E-state index contributed by atoms with van der Waals surface area (Å²) >= 11 is 0. The molecule has 0 spiro atoms. The van der Waals surface area contributed by atoms with Crippen molar-refractivity contribution in [2.75, 3.05) is 26.3 Å². The summed E-state index contributed by atoms with van der Waals surface area (Å²) in [7, 11) is 0. The maximum absolute atomic E-state index is 9.14. The van der Waals surface area contributed by atoms with Crippen LogP contribution >= 0.6 is 0 Å². The number of aryl methyl sites for hydroxylation is 1. The summed E-state index contributed by atoms with van der Waals surface area (Å²) in [6.45, 7) is 7.92. The highest BCUT2D eigenvalue weighted by Crippen LogP contribution is 2.25. The zero-order valence-electron chi connectivity index (χ0n) is 12.5. The zero-order valence-corrected chi connectivity index (χ0v) is 12.5. The molecule has 1 aliphatic heterocycles. The van der Waals surface area contributed by atoms with Crippen LogP contribution in [0.15, 0.2) is 18.2 Å². The van der Waals surface area contributed by atoms with E-state index in [0.29, 0.717) is 6.54 Å². The number of imidazole rings is 1. The predicted molar refractivity (Wildman–Crippen MR) is 80.9 cm³/mol. The van der Waals surface area contributed by atoms with Gasteiger partial charge >= 0.3 is 0 Å². The number of fused-ring (bicyclic) bond motifs is 1. The second-order valence-electron chi connectivity index (χ2n) is 5.53. The van der Waals surface area contributed by atoms with Crippen molar-refractivity contribution in [1.29, 1.82) is 5.26 Å². The smallest absolute Gasteiger partial charge is 0.127 e. The van der Waals surface area contributed by atoms with Crippen molar-refractivity contribution >= 4 is 11.0 Å². The Hall–Kier alpha value is -1.90. The van der Waals surface area contributed by atoms with E-state index in [0.717, 1.165) is 43.2 Å². The van der Waals surface area contributed by atoms with Crippen LogP contribution in [0.1, 0.15) is 24.4 Å². The molecule has 1 aromatic heterocycles. The van der Waals surface area contributed by atoms with Gasteiger partial charge in [0.25, 0.3) is 0 Å². The molecule has 0 N–H and O–H groups in total. The van der Waals surface area contributed by atoms with Crippen LogP contribution in [0.4, 0.5) is 0 Å². The number of hydrogen-bond donors (Lipinski definition) is 0. The average molecular weight is 284 g/mol. The largest absolute Gasteiger partial charge is 0.379 e. The molecule has 3 rings (SSSR count). The fourth-order valence-corrected chi connectivity index (χ4v) is 2.94. The van der Waals surface area contributed by atoms with Crippen molar-refractivity contribution in [2.24, 2.45) is 0 Å². The summed E-state index contributed by atoms with van der Waals surface area (Å²) < 4.78 is 7.45. The molecule has 2 aromatic rings. The van der Waals surface area contributed by atoms with E-state index in [1.807, 2.05) is 4.57 Å². The summed E-state index contributed by atoms with van der Waals surface area (Å²) in [6, 6.07) is 8.66. The first-order valence-corrected chi connectivity index (χ1v) is 7.36. The molecule has 1 saturated heterocycles. The summed E-state index contributed by atoms with van der Waals surface area (Å²) in [5, 5.41) is 9.14. The number of aromatic nitrogens is 2. The van der Waals surface area contributed by atoms with Gasteiger partial charge in [-0.1, -0.05) is 6.07 Å². The lowest BCUT2D eigenvalue weighted by molar-refractivity contribution is 0.0177. The molecule has 1 fully saturated rings. The van der Waals surface area contributed by atoms with Gasteiger partial charge in [-0.05, 0) is 31.5 Å². The van der Waals surface area contributed by atoms with E-state index in [9.17, 15) is 0 Å². The number of nitrogens with zero attached hydrogens (tertiary/aromatic N) is 4. The normalized spacial score (nSPS) is 17.8. The Balaban J connectivity index is 2.03. The predicted octanol–water partition coefficient (Wildman–Crippen LogP) is 2.26. The SMILES string of the molecule is Cc1ccc2c(c1)nc(C(C)N1CCOCC1)n2CC#N. The minimum atomic E-state index is 0.190. The van der Waals surface area contributed by atoms with Gasteiger partial charge in [-0.3, -0.25) is 4.90 Å². The monoisotopic (exact) mass is 284 g/mol. The minimum absolute atomic E-state index is 0.190. The molecule has 0 bridgehead atoms. The Morgan fingerprint density at radius 1 is 1.38 bits per heavy atom. The summed E-state index contributed by atoms with van der Waals surface area (Å²) in [4.78, 5) is 7.16. The molecular weight excluding hydrogens is 264 g/mol. The van der Waals surface area contributed by atoms with Gasteiger partial charge in [0.15, 0.2) is 0 Å². The highest BCUT2D eigenvalue weighted by atomic mass is 16.5. The lowest BCUT2D eigenvalue weighted by Gasteiger charge is -2.31. The Morgan fingerprint density at radius 3 is 2.86 bits per heavy atom. The molecule has 0 aliphatic carbocycles. The van der Waals surface area contributed by atoms with Gasteiger partial charge in [0.05, 0.1) is 36.4 Å². The molecule has 1 atom stereocenters. The third-order valence-electron chi connectivity index (χ3n) is 4.13. The van der Waals surface area contributed by atoms with Gasteiger partial charge in [-0.15, -0.1) is 0 Å². The van der Waals surface area contributed by atoms with Gasteiger partial charge in [0.2, 0.25) is 0 Å². The molecule has 5 heteroatoms. The van der Waals surface area contributed by atoms with Crippen LogP contribution in [0.2, 0.25) is 0 Å². The zero-order chi connectivity index (χ0) is 14.8. The number of benzene rings is 1. The first kappa shape index (κ1) is 14.1. The third kappa shape index (κ3) is 2.65. The van der Waals surface area contributed by atoms with Gasteiger partial charge in [-0.25, -0.2) is 4.98 Å². The van der Waals surface area contributed by atoms with E-state index < -0.39 is 0 Å². The molecule has 1 aliphatic rings. The molecule has 2 heterocycles. The van der Waals surface area contributed by atoms with Crippen molar-refractivity contribution in [3.05, 3.63) is 29.6 Å². The summed E-state index contributed by atoms with van der Waals surface area (Å²) in [6.07, 6.45) is 0. The summed E-state index contributed by atoms with van der Waals surface area (Å²) in [5.74, 6) is 0.971. The van der Waals surface area contributed by atoms with Crippen molar-refractivity contribution in [3.8, 4) is 6.07 Å². The number of nitriles is 1. The van der Waals surface area contributed by atoms with E-state index in [1.54, 1.807) is 0 Å². The lowest BCUT2D eigenvalue weighted by atomic mass is 10.2. The fraction of sp³-hybridized carbons (Fsp3) is 0.500. The molecule has 110 valence electrons. The fourth-order valence-electron chi connectivity index (χ4n) is 2.94. The quantitative estimate of drug-likeness (QED) is 0.867. The molecule has 5 nitrogen and oxygen atoms in total. The minimum Gasteiger partial charge on any atom is -0.379 e. The van der Waals surface area contributed by atoms with Crippen LogP contribution in [-0.2, 0) is 11.3 Å². The maximum atomic E-state index is 9.14. The van der Waals surface area contributed by atoms with Gasteiger partial charge in [0.1, 0.15) is 12.4 Å². The Kier molecular flexibility index (Phi) is 3.91. The van der Waals surface area contributed by atoms with Crippen LogP contribution in [-0.4, -0.2) is 40.8 Å². The van der Waals surface area contributed by atoms with Gasteiger partial charge < -0.3 is 9.30 Å². The van der Waals surface area contributed by atoms with Crippen LogP contribution in [0, 0.1) is 18.3 Å². The Morgan fingerprint density at radius 2 is 2.14 bits per heavy atom. The number of hydrogen-bond acceptors (Lipinski definition) is 4. The highest BCUT2D eigenvalue weighted by Gasteiger charge is 2.23. The second kappa shape index (κ2) is 5.84. The lowest BCUT2D eigenvalue weighted by Crippen LogP contribution is -2.38. The first-order valence-electron chi connectivity index (χ1n) is 7.36. The van der Waals surface area contributed by atoms with Crippen LogP contribution in [0.25, 0.3) is 11.0 Å². The number of rotatable bonds is 3. The molecule has 0 radical (unpaired) electrons. The van der Waals surface area contributed by atoms with E-state index in [-0.39, 0.29) is 6.04 Å². The molecule has 0 amide bonds. The molecular formula is C16H20N4O. The standard InChI is InChI=1S/C16H20N4O/c1-12-3-4-15-14(11-12)18-16(20(15)6-5-17)13(2)19-7-9-21-10-8-19/h3-4,11,13H,6-10H2,1-2H3. The van der Waals surface area contributed by atoms with Gasteiger partial charge in [0, 0.05) is 13.1 Å². The molecule has 1 aromatic carbocycles. The Labute approximate surface area is 124 Å². The second-order valence-corrected chi connectivity index (χ2v) is 5.53. The maximum Gasteiger partial charge on any atom is 0.127 e. The van der Waals surface area contributed by atoms with Crippen LogP contribution in [0.5, 0.6) is 0 Å².